The van der Waals surface area contributed by atoms with E-state index in [1.807, 2.05) is 0 Å². The van der Waals surface area contributed by atoms with E-state index in [1.165, 1.54) is 15.8 Å². The predicted molar refractivity (Wildman–Crippen MR) is 51.7 cm³/mol. The molecule has 2 rings (SSSR count). The second-order valence-corrected chi connectivity index (χ2v) is 4.88. The molecule has 11 heavy (non-hydrogen) atoms. The molecule has 0 aliphatic heterocycles. The molecule has 0 unspecified atom stereocenters. The number of hydrogen-bond donors (Lipinski definition) is 1. The van der Waals surface area contributed by atoms with Crippen molar-refractivity contribution in [2.24, 2.45) is 5.73 Å². The van der Waals surface area contributed by atoms with Gasteiger partial charge in [-0.05, 0) is 46.6 Å². The molecule has 1 saturated carbocycles. The first-order valence-corrected chi connectivity index (χ1v) is 5.42. The lowest BCUT2D eigenvalue weighted by Gasteiger charge is -2.37. The first kappa shape index (κ1) is 7.77. The van der Waals surface area contributed by atoms with Gasteiger partial charge in [-0.2, -0.15) is 0 Å². The van der Waals surface area contributed by atoms with Crippen molar-refractivity contribution in [3.63, 3.8) is 0 Å². The molecule has 1 nitrogen and oxygen atoms in total. The molecule has 1 aromatic rings. The van der Waals surface area contributed by atoms with Crippen LogP contribution in [-0.2, 0) is 5.54 Å². The Morgan fingerprint density at radius 2 is 2.27 bits per heavy atom. The first-order chi connectivity index (χ1) is 5.22. The summed E-state index contributed by atoms with van der Waals surface area (Å²) >= 11 is 5.27. The van der Waals surface area contributed by atoms with E-state index in [0.29, 0.717) is 0 Å². The maximum atomic E-state index is 6.15. The van der Waals surface area contributed by atoms with E-state index < -0.39 is 0 Å². The van der Waals surface area contributed by atoms with E-state index in [1.54, 1.807) is 11.3 Å². The normalized spacial score (nSPS) is 21.3. The van der Waals surface area contributed by atoms with Crippen LogP contribution in [0.2, 0.25) is 0 Å². The Hall–Kier alpha value is 0.140. The van der Waals surface area contributed by atoms with Gasteiger partial charge in [0, 0.05) is 9.35 Å². The summed E-state index contributed by atoms with van der Waals surface area (Å²) in [5.41, 5.74) is 6.16. The summed E-state index contributed by atoms with van der Waals surface area (Å²) in [6, 6.07) is 2.08. The molecule has 3 heteroatoms. The van der Waals surface area contributed by atoms with Gasteiger partial charge >= 0.3 is 0 Å². The minimum atomic E-state index is 0.00694. The molecule has 0 aromatic carbocycles. The topological polar surface area (TPSA) is 26.0 Å². The Kier molecular flexibility index (Phi) is 1.82. The molecule has 1 heterocycles. The van der Waals surface area contributed by atoms with Crippen LogP contribution in [0.5, 0.6) is 0 Å². The molecule has 0 radical (unpaired) electrons. The molecule has 60 valence electrons. The summed E-state index contributed by atoms with van der Waals surface area (Å²) < 4.78 is 1.18. The van der Waals surface area contributed by atoms with Gasteiger partial charge in [-0.3, -0.25) is 0 Å². The summed E-state index contributed by atoms with van der Waals surface area (Å²) in [4.78, 5) is 1.32. The van der Waals surface area contributed by atoms with E-state index in [4.69, 9.17) is 5.73 Å². The molecule has 1 aliphatic carbocycles. The molecular formula is C8H10BrNS. The fourth-order valence-corrected chi connectivity index (χ4v) is 3.38. The van der Waals surface area contributed by atoms with E-state index in [-0.39, 0.29) is 5.54 Å². The van der Waals surface area contributed by atoms with Crippen LogP contribution < -0.4 is 5.73 Å². The quantitative estimate of drug-likeness (QED) is 0.791. The van der Waals surface area contributed by atoms with Gasteiger partial charge in [0.2, 0.25) is 0 Å². The van der Waals surface area contributed by atoms with Crippen molar-refractivity contribution < 1.29 is 0 Å². The third-order valence-electron chi connectivity index (χ3n) is 2.32. The van der Waals surface area contributed by atoms with Crippen LogP contribution in [0.3, 0.4) is 0 Å². The van der Waals surface area contributed by atoms with Gasteiger partial charge in [0.15, 0.2) is 0 Å². The number of hydrogen-bond acceptors (Lipinski definition) is 2. The molecule has 0 bridgehead atoms. The molecule has 1 fully saturated rings. The Labute approximate surface area is 78.7 Å². The van der Waals surface area contributed by atoms with Gasteiger partial charge in [0.05, 0.1) is 5.54 Å². The van der Waals surface area contributed by atoms with Crippen molar-refractivity contribution in [2.75, 3.05) is 0 Å². The van der Waals surface area contributed by atoms with E-state index in [0.717, 1.165) is 12.8 Å². The Bertz CT molecular complexity index is 265. The molecule has 2 N–H and O–H groups in total. The third kappa shape index (κ3) is 1.15. The lowest BCUT2D eigenvalue weighted by atomic mass is 9.77. The van der Waals surface area contributed by atoms with Crippen LogP contribution in [0, 0.1) is 0 Å². The van der Waals surface area contributed by atoms with Crippen LogP contribution >= 0.6 is 27.3 Å². The second kappa shape index (κ2) is 2.57. The van der Waals surface area contributed by atoms with Crippen molar-refractivity contribution in [3.8, 4) is 0 Å². The number of rotatable bonds is 1. The lowest BCUT2D eigenvalue weighted by Crippen LogP contribution is -2.42. The van der Waals surface area contributed by atoms with E-state index >= 15 is 0 Å². The fraction of sp³-hybridized carbons (Fsp3) is 0.500. The molecule has 0 spiro atoms. The van der Waals surface area contributed by atoms with Crippen LogP contribution in [0.25, 0.3) is 0 Å². The zero-order valence-corrected chi connectivity index (χ0v) is 8.54. The van der Waals surface area contributed by atoms with Crippen molar-refractivity contribution in [1.29, 1.82) is 0 Å². The highest BCUT2D eigenvalue weighted by Crippen LogP contribution is 2.44. The highest BCUT2D eigenvalue weighted by molar-refractivity contribution is 9.10. The minimum absolute atomic E-state index is 0.00694. The smallest absolute Gasteiger partial charge is 0.0515 e. The molecule has 0 amide bonds. The zero-order chi connectivity index (χ0) is 7.90. The fourth-order valence-electron chi connectivity index (χ4n) is 1.43. The SMILES string of the molecule is NC1(c2sccc2Br)CCC1. The summed E-state index contributed by atoms with van der Waals surface area (Å²) in [5, 5.41) is 2.09. The van der Waals surface area contributed by atoms with Gasteiger partial charge in [-0.15, -0.1) is 11.3 Å². The van der Waals surface area contributed by atoms with E-state index in [9.17, 15) is 0 Å². The maximum Gasteiger partial charge on any atom is 0.0515 e. The molecule has 1 aliphatic rings. The van der Waals surface area contributed by atoms with Crippen molar-refractivity contribution >= 4 is 27.3 Å². The van der Waals surface area contributed by atoms with Gasteiger partial charge in [-0.25, -0.2) is 0 Å². The van der Waals surface area contributed by atoms with Crippen molar-refractivity contribution in [2.45, 2.75) is 24.8 Å². The monoisotopic (exact) mass is 231 g/mol. The van der Waals surface area contributed by atoms with Crippen molar-refractivity contribution in [1.82, 2.24) is 0 Å². The summed E-state index contributed by atoms with van der Waals surface area (Å²) in [7, 11) is 0. The second-order valence-electron chi connectivity index (χ2n) is 3.11. The Balaban J connectivity index is 2.35. The highest BCUT2D eigenvalue weighted by atomic mass is 79.9. The first-order valence-electron chi connectivity index (χ1n) is 3.75. The lowest BCUT2D eigenvalue weighted by molar-refractivity contribution is 0.258. The van der Waals surface area contributed by atoms with Gasteiger partial charge < -0.3 is 5.73 Å². The Morgan fingerprint density at radius 3 is 2.64 bits per heavy atom. The van der Waals surface area contributed by atoms with E-state index in [2.05, 4.69) is 27.4 Å². The van der Waals surface area contributed by atoms with Crippen LogP contribution in [0.4, 0.5) is 0 Å². The molecular weight excluding hydrogens is 222 g/mol. The summed E-state index contributed by atoms with van der Waals surface area (Å²) in [5.74, 6) is 0. The number of thiophene rings is 1. The van der Waals surface area contributed by atoms with Crippen LogP contribution in [-0.4, -0.2) is 0 Å². The Morgan fingerprint density at radius 1 is 1.55 bits per heavy atom. The number of halogens is 1. The number of nitrogens with two attached hydrogens (primary N) is 1. The van der Waals surface area contributed by atoms with Gasteiger partial charge in [0.1, 0.15) is 0 Å². The van der Waals surface area contributed by atoms with Gasteiger partial charge in [-0.1, -0.05) is 0 Å². The summed E-state index contributed by atoms with van der Waals surface area (Å²) in [6.07, 6.45) is 3.57. The third-order valence-corrected chi connectivity index (χ3v) is 4.37. The largest absolute Gasteiger partial charge is 0.321 e. The summed E-state index contributed by atoms with van der Waals surface area (Å²) in [6.45, 7) is 0. The van der Waals surface area contributed by atoms with Crippen molar-refractivity contribution in [3.05, 3.63) is 20.8 Å². The molecule has 0 saturated heterocycles. The standard InChI is InChI=1S/C8H10BrNS/c9-6-2-5-11-7(6)8(10)3-1-4-8/h2,5H,1,3-4,10H2. The molecule has 1 aromatic heterocycles. The average Bonchev–Trinajstić information content (AvgIpc) is 2.30. The predicted octanol–water partition coefficient (Wildman–Crippen LogP) is 2.85. The minimum Gasteiger partial charge on any atom is -0.321 e. The molecule has 0 atom stereocenters. The highest BCUT2D eigenvalue weighted by Gasteiger charge is 2.36. The van der Waals surface area contributed by atoms with Crippen LogP contribution in [0.1, 0.15) is 24.1 Å². The average molecular weight is 232 g/mol. The van der Waals surface area contributed by atoms with Gasteiger partial charge in [0.25, 0.3) is 0 Å². The maximum absolute atomic E-state index is 6.15. The van der Waals surface area contributed by atoms with Crippen LogP contribution in [0.15, 0.2) is 15.9 Å². The zero-order valence-electron chi connectivity index (χ0n) is 6.14.